The minimum absolute atomic E-state index is 0.110. The fourth-order valence-corrected chi connectivity index (χ4v) is 2.30. The molecule has 126 valence electrons. The van der Waals surface area contributed by atoms with Gasteiger partial charge in [-0.1, -0.05) is 0 Å². The van der Waals surface area contributed by atoms with Crippen molar-refractivity contribution in [2.24, 2.45) is 0 Å². The van der Waals surface area contributed by atoms with Crippen LogP contribution in [0.25, 0.3) is 11.1 Å². The summed E-state index contributed by atoms with van der Waals surface area (Å²) in [6.45, 7) is 0.634. The first-order valence-electron chi connectivity index (χ1n) is 7.32. The molecule has 2 rings (SSSR count). The second-order valence-corrected chi connectivity index (χ2v) is 5.26. The molecule has 0 saturated carbocycles. The summed E-state index contributed by atoms with van der Waals surface area (Å²) in [6.07, 6.45) is 0.919. The van der Waals surface area contributed by atoms with E-state index in [-0.39, 0.29) is 36.6 Å². The molecule has 0 bridgehead atoms. The lowest BCUT2D eigenvalue weighted by Gasteiger charge is -2.15. The van der Waals surface area contributed by atoms with Crippen LogP contribution in [0.3, 0.4) is 0 Å². The number of fused-ring (bicyclic) bond motifs is 1. The maximum atomic E-state index is 11.9. The van der Waals surface area contributed by atoms with E-state index in [1.165, 1.54) is 27.7 Å². The zero-order valence-corrected chi connectivity index (χ0v) is 13.1. The number of aromatic nitrogens is 1. The van der Waals surface area contributed by atoms with Crippen LogP contribution in [0.2, 0.25) is 0 Å². The number of aryl methyl sites for hydroxylation is 1. The van der Waals surface area contributed by atoms with Crippen molar-refractivity contribution in [2.75, 3.05) is 13.6 Å². The predicted molar refractivity (Wildman–Crippen MR) is 84.2 cm³/mol. The number of hydrogen-bond donors (Lipinski definition) is 0. The number of nitro groups is 1. The Kier molecular flexibility index (Phi) is 5.31. The highest BCUT2D eigenvalue weighted by Gasteiger charge is 2.15. The van der Waals surface area contributed by atoms with Crippen LogP contribution in [-0.2, 0) is 11.3 Å². The maximum Gasteiger partial charge on any atom is 0.419 e. The molecule has 0 aliphatic rings. The normalized spacial score (nSPS) is 10.5. The highest BCUT2D eigenvalue weighted by Crippen LogP contribution is 2.20. The molecule has 1 aromatic heterocycles. The maximum absolute atomic E-state index is 11.9. The number of nitrogens with zero attached hydrogens (tertiary/aromatic N) is 4. The van der Waals surface area contributed by atoms with Crippen LogP contribution in [-0.4, -0.2) is 33.9 Å². The molecule has 0 radical (unpaired) electrons. The Morgan fingerprint density at radius 2 is 2.25 bits per heavy atom. The molecule has 0 N–H and O–H groups in total. The standard InChI is InChI=1S/C15H16N4O5/c1-17(8-3-7-16)14(20)4-2-9-18-12-6-5-11(19(22)23)10-13(12)24-15(18)21/h5-6,10H,2-4,8-9H2,1H3. The number of carbonyl (C=O) groups is 1. The second kappa shape index (κ2) is 7.41. The first-order chi connectivity index (χ1) is 11.4. The number of rotatable bonds is 7. The van der Waals surface area contributed by atoms with Gasteiger partial charge in [0.15, 0.2) is 5.58 Å². The van der Waals surface area contributed by atoms with Crippen molar-refractivity contribution in [3.8, 4) is 6.07 Å². The van der Waals surface area contributed by atoms with Crippen LogP contribution in [0.1, 0.15) is 19.3 Å². The zero-order chi connectivity index (χ0) is 17.7. The molecule has 0 atom stereocenters. The number of nitriles is 1. The average Bonchev–Trinajstić information content (AvgIpc) is 2.87. The highest BCUT2D eigenvalue weighted by molar-refractivity contribution is 5.76. The molecule has 0 saturated heterocycles. The van der Waals surface area contributed by atoms with Crippen LogP contribution in [0.5, 0.6) is 0 Å². The van der Waals surface area contributed by atoms with Crippen molar-refractivity contribution in [1.29, 1.82) is 5.26 Å². The molecule has 9 heteroatoms. The predicted octanol–water partition coefficient (Wildman–Crippen LogP) is 1.65. The monoisotopic (exact) mass is 332 g/mol. The van der Waals surface area contributed by atoms with Gasteiger partial charge < -0.3 is 9.32 Å². The van der Waals surface area contributed by atoms with E-state index in [0.29, 0.717) is 18.5 Å². The lowest BCUT2D eigenvalue weighted by molar-refractivity contribution is -0.384. The first kappa shape index (κ1) is 17.2. The number of carbonyl (C=O) groups excluding carboxylic acids is 1. The van der Waals surface area contributed by atoms with Gasteiger partial charge in [0.2, 0.25) is 5.91 Å². The Morgan fingerprint density at radius 1 is 1.50 bits per heavy atom. The van der Waals surface area contributed by atoms with E-state index in [4.69, 9.17) is 9.68 Å². The SMILES string of the molecule is CN(CCC#N)C(=O)CCCn1c(=O)oc2cc([N+](=O)[O-])ccc21. The van der Waals surface area contributed by atoms with Crippen LogP contribution < -0.4 is 5.76 Å². The second-order valence-electron chi connectivity index (χ2n) is 5.26. The Bertz CT molecular complexity index is 861. The summed E-state index contributed by atoms with van der Waals surface area (Å²) in [7, 11) is 1.62. The topological polar surface area (TPSA) is 122 Å². The van der Waals surface area contributed by atoms with Crippen molar-refractivity contribution in [2.45, 2.75) is 25.8 Å². The Labute approximate surface area is 136 Å². The largest absolute Gasteiger partial charge is 0.419 e. The number of hydrogen-bond acceptors (Lipinski definition) is 6. The van der Waals surface area contributed by atoms with Crippen LogP contribution in [0, 0.1) is 21.4 Å². The van der Waals surface area contributed by atoms with E-state index in [1.807, 2.05) is 6.07 Å². The Balaban J connectivity index is 2.04. The minimum atomic E-state index is -0.615. The van der Waals surface area contributed by atoms with Gasteiger partial charge in [-0.25, -0.2) is 4.79 Å². The highest BCUT2D eigenvalue weighted by atomic mass is 16.6. The summed E-state index contributed by atoms with van der Waals surface area (Å²) in [5.74, 6) is -0.725. The molecule has 2 aromatic rings. The van der Waals surface area contributed by atoms with Gasteiger partial charge in [0, 0.05) is 32.6 Å². The van der Waals surface area contributed by atoms with Gasteiger partial charge in [-0.15, -0.1) is 0 Å². The third-order valence-electron chi connectivity index (χ3n) is 3.62. The van der Waals surface area contributed by atoms with E-state index in [9.17, 15) is 19.7 Å². The molecule has 0 aliphatic heterocycles. The molecule has 24 heavy (non-hydrogen) atoms. The summed E-state index contributed by atoms with van der Waals surface area (Å²) in [6, 6.07) is 5.93. The third kappa shape index (κ3) is 3.78. The molecule has 0 spiro atoms. The van der Waals surface area contributed by atoms with Gasteiger partial charge in [-0.3, -0.25) is 19.5 Å². The fourth-order valence-electron chi connectivity index (χ4n) is 2.30. The number of non-ortho nitro benzene ring substituents is 1. The van der Waals surface area contributed by atoms with Crippen molar-refractivity contribution >= 4 is 22.7 Å². The summed E-state index contributed by atoms with van der Waals surface area (Å²) >= 11 is 0. The van der Waals surface area contributed by atoms with E-state index >= 15 is 0 Å². The van der Waals surface area contributed by atoms with E-state index in [0.717, 1.165) is 0 Å². The van der Waals surface area contributed by atoms with Crippen LogP contribution >= 0.6 is 0 Å². The summed E-state index contributed by atoms with van der Waals surface area (Å²) in [5, 5.41) is 19.2. The molecule has 0 fully saturated rings. The number of nitro benzene ring substituents is 1. The lowest BCUT2D eigenvalue weighted by Crippen LogP contribution is -2.27. The molecular weight excluding hydrogens is 316 g/mol. The average molecular weight is 332 g/mol. The Hall–Kier alpha value is -3.15. The number of amides is 1. The first-order valence-corrected chi connectivity index (χ1v) is 7.32. The van der Waals surface area contributed by atoms with Gasteiger partial charge in [0.25, 0.3) is 5.69 Å². The molecule has 0 unspecified atom stereocenters. The molecular formula is C15H16N4O5. The molecule has 1 heterocycles. The third-order valence-corrected chi connectivity index (χ3v) is 3.62. The summed E-state index contributed by atoms with van der Waals surface area (Å²) < 4.78 is 6.37. The van der Waals surface area contributed by atoms with Crippen molar-refractivity contribution in [3.63, 3.8) is 0 Å². The van der Waals surface area contributed by atoms with Gasteiger partial charge in [-0.05, 0) is 12.5 Å². The van der Waals surface area contributed by atoms with Crippen molar-refractivity contribution < 1.29 is 14.1 Å². The van der Waals surface area contributed by atoms with Gasteiger partial charge >= 0.3 is 5.76 Å². The van der Waals surface area contributed by atoms with Crippen molar-refractivity contribution in [3.05, 3.63) is 38.9 Å². The van der Waals surface area contributed by atoms with Gasteiger partial charge in [-0.2, -0.15) is 5.26 Å². The molecule has 1 amide bonds. The molecule has 9 nitrogen and oxygen atoms in total. The van der Waals surface area contributed by atoms with E-state index < -0.39 is 10.7 Å². The van der Waals surface area contributed by atoms with Gasteiger partial charge in [0.05, 0.1) is 29.0 Å². The van der Waals surface area contributed by atoms with E-state index in [2.05, 4.69) is 0 Å². The minimum Gasteiger partial charge on any atom is -0.407 e. The fraction of sp³-hybridized carbons (Fsp3) is 0.400. The zero-order valence-electron chi connectivity index (χ0n) is 13.1. The van der Waals surface area contributed by atoms with Crippen LogP contribution in [0.4, 0.5) is 5.69 Å². The summed E-state index contributed by atoms with van der Waals surface area (Å²) in [4.78, 5) is 35.4. The lowest BCUT2D eigenvalue weighted by atomic mass is 10.2. The molecule has 1 aromatic carbocycles. The van der Waals surface area contributed by atoms with E-state index in [1.54, 1.807) is 7.05 Å². The molecule has 0 aliphatic carbocycles. The smallest absolute Gasteiger partial charge is 0.407 e. The number of oxazole rings is 1. The van der Waals surface area contributed by atoms with Crippen molar-refractivity contribution in [1.82, 2.24) is 9.47 Å². The number of benzene rings is 1. The van der Waals surface area contributed by atoms with Crippen LogP contribution in [0.15, 0.2) is 27.4 Å². The Morgan fingerprint density at radius 3 is 2.92 bits per heavy atom. The van der Waals surface area contributed by atoms with Gasteiger partial charge in [0.1, 0.15) is 0 Å². The summed E-state index contributed by atoms with van der Waals surface area (Å²) in [5.41, 5.74) is 0.445. The quantitative estimate of drug-likeness (QED) is 0.561.